The predicted octanol–water partition coefficient (Wildman–Crippen LogP) is 3.14. The van der Waals surface area contributed by atoms with E-state index in [1.165, 1.54) is 12.1 Å². The molecule has 0 heterocycles. The molecular formula is C16H28N2O. The summed E-state index contributed by atoms with van der Waals surface area (Å²) in [5.74, 6) is 2.24. The van der Waals surface area contributed by atoms with Crippen LogP contribution in [0.1, 0.15) is 26.7 Å². The zero-order valence-corrected chi connectivity index (χ0v) is 12.7. The number of anilines is 1. The summed E-state index contributed by atoms with van der Waals surface area (Å²) in [6, 6.07) is 8.18. The van der Waals surface area contributed by atoms with Crippen molar-refractivity contribution < 1.29 is 4.74 Å². The Morgan fingerprint density at radius 3 is 2.63 bits per heavy atom. The number of ether oxygens (including phenoxy) is 1. The van der Waals surface area contributed by atoms with E-state index >= 15 is 0 Å². The first kappa shape index (κ1) is 15.8. The summed E-state index contributed by atoms with van der Waals surface area (Å²) in [5, 5.41) is 0. The lowest BCUT2D eigenvalue weighted by atomic mass is 9.94. The van der Waals surface area contributed by atoms with Crippen LogP contribution in [0, 0.1) is 11.8 Å². The van der Waals surface area contributed by atoms with Gasteiger partial charge in [0.2, 0.25) is 0 Å². The number of hydrogen-bond acceptors (Lipinski definition) is 3. The van der Waals surface area contributed by atoms with E-state index in [-0.39, 0.29) is 0 Å². The molecule has 0 fully saturated rings. The SMILES string of the molecule is COc1cccc(N(C)CCC(CN)CC(C)C)c1. The van der Waals surface area contributed by atoms with Crippen molar-refractivity contribution in [3.8, 4) is 5.75 Å². The predicted molar refractivity (Wildman–Crippen MR) is 82.9 cm³/mol. The molecule has 1 aromatic carbocycles. The third-order valence-corrected chi connectivity index (χ3v) is 3.50. The van der Waals surface area contributed by atoms with E-state index in [0.717, 1.165) is 31.2 Å². The Kier molecular flexibility index (Phi) is 6.71. The van der Waals surface area contributed by atoms with E-state index in [2.05, 4.69) is 37.9 Å². The van der Waals surface area contributed by atoms with Crippen molar-refractivity contribution >= 4 is 5.69 Å². The quantitative estimate of drug-likeness (QED) is 0.784. The highest BCUT2D eigenvalue weighted by Crippen LogP contribution is 2.21. The topological polar surface area (TPSA) is 38.5 Å². The van der Waals surface area contributed by atoms with Crippen molar-refractivity contribution in [3.05, 3.63) is 24.3 Å². The van der Waals surface area contributed by atoms with Crippen LogP contribution in [0.25, 0.3) is 0 Å². The van der Waals surface area contributed by atoms with Gasteiger partial charge in [-0.1, -0.05) is 19.9 Å². The zero-order chi connectivity index (χ0) is 14.3. The number of methoxy groups -OCH3 is 1. The molecule has 19 heavy (non-hydrogen) atoms. The second kappa shape index (κ2) is 8.05. The molecule has 0 aliphatic carbocycles. The minimum Gasteiger partial charge on any atom is -0.497 e. The largest absolute Gasteiger partial charge is 0.497 e. The van der Waals surface area contributed by atoms with Gasteiger partial charge in [-0.15, -0.1) is 0 Å². The van der Waals surface area contributed by atoms with Gasteiger partial charge >= 0.3 is 0 Å². The van der Waals surface area contributed by atoms with Crippen LogP contribution in [0.2, 0.25) is 0 Å². The molecule has 0 spiro atoms. The van der Waals surface area contributed by atoms with E-state index in [9.17, 15) is 0 Å². The number of nitrogens with zero attached hydrogens (tertiary/aromatic N) is 1. The minimum absolute atomic E-state index is 0.619. The van der Waals surface area contributed by atoms with Gasteiger partial charge in [-0.05, 0) is 43.4 Å². The fraction of sp³-hybridized carbons (Fsp3) is 0.625. The molecule has 108 valence electrons. The molecule has 0 aliphatic rings. The maximum Gasteiger partial charge on any atom is 0.120 e. The van der Waals surface area contributed by atoms with Gasteiger partial charge in [0.1, 0.15) is 5.75 Å². The lowest BCUT2D eigenvalue weighted by Crippen LogP contribution is -2.25. The van der Waals surface area contributed by atoms with Crippen LogP contribution < -0.4 is 15.4 Å². The van der Waals surface area contributed by atoms with Crippen LogP contribution in [0.4, 0.5) is 5.69 Å². The van der Waals surface area contributed by atoms with E-state index in [1.807, 2.05) is 12.1 Å². The van der Waals surface area contributed by atoms with Crippen molar-refractivity contribution in [1.29, 1.82) is 0 Å². The van der Waals surface area contributed by atoms with Crippen molar-refractivity contribution in [1.82, 2.24) is 0 Å². The van der Waals surface area contributed by atoms with E-state index < -0.39 is 0 Å². The third kappa shape index (κ3) is 5.52. The molecule has 3 heteroatoms. The summed E-state index contributed by atoms with van der Waals surface area (Å²) in [4.78, 5) is 2.27. The van der Waals surface area contributed by atoms with Gasteiger partial charge in [0.15, 0.2) is 0 Å². The smallest absolute Gasteiger partial charge is 0.120 e. The second-order valence-electron chi connectivity index (χ2n) is 5.64. The molecule has 0 radical (unpaired) electrons. The molecule has 0 amide bonds. The van der Waals surface area contributed by atoms with Crippen molar-refractivity contribution in [3.63, 3.8) is 0 Å². The molecule has 3 nitrogen and oxygen atoms in total. The Bertz CT molecular complexity index is 366. The number of benzene rings is 1. The molecule has 0 saturated carbocycles. The van der Waals surface area contributed by atoms with E-state index in [1.54, 1.807) is 7.11 Å². The summed E-state index contributed by atoms with van der Waals surface area (Å²) in [6.45, 7) is 6.33. The Morgan fingerprint density at radius 2 is 2.05 bits per heavy atom. The number of nitrogens with two attached hydrogens (primary N) is 1. The summed E-state index contributed by atoms with van der Waals surface area (Å²) in [6.07, 6.45) is 2.35. The summed E-state index contributed by atoms with van der Waals surface area (Å²) >= 11 is 0. The van der Waals surface area contributed by atoms with E-state index in [0.29, 0.717) is 5.92 Å². The summed E-state index contributed by atoms with van der Waals surface area (Å²) < 4.78 is 5.26. The van der Waals surface area contributed by atoms with Crippen LogP contribution in [-0.4, -0.2) is 27.2 Å². The molecule has 2 N–H and O–H groups in total. The highest BCUT2D eigenvalue weighted by atomic mass is 16.5. The maximum atomic E-state index is 5.85. The van der Waals surface area contributed by atoms with Gasteiger partial charge in [0.05, 0.1) is 7.11 Å². The highest BCUT2D eigenvalue weighted by molar-refractivity contribution is 5.49. The molecule has 1 unspecified atom stereocenters. The highest BCUT2D eigenvalue weighted by Gasteiger charge is 2.11. The average molecular weight is 264 g/mol. The van der Waals surface area contributed by atoms with Crippen molar-refractivity contribution in [2.75, 3.05) is 32.1 Å². The van der Waals surface area contributed by atoms with Gasteiger partial charge in [-0.2, -0.15) is 0 Å². The molecule has 1 aromatic rings. The van der Waals surface area contributed by atoms with Gasteiger partial charge in [-0.25, -0.2) is 0 Å². The Labute approximate surface area is 117 Å². The summed E-state index contributed by atoms with van der Waals surface area (Å²) in [5.41, 5.74) is 7.05. The lowest BCUT2D eigenvalue weighted by Gasteiger charge is -2.24. The monoisotopic (exact) mass is 264 g/mol. The van der Waals surface area contributed by atoms with Crippen LogP contribution in [0.15, 0.2) is 24.3 Å². The van der Waals surface area contributed by atoms with E-state index in [4.69, 9.17) is 10.5 Å². The van der Waals surface area contributed by atoms with Gasteiger partial charge < -0.3 is 15.4 Å². The Hall–Kier alpha value is -1.22. The fourth-order valence-corrected chi connectivity index (χ4v) is 2.35. The molecule has 0 bridgehead atoms. The average Bonchev–Trinajstić information content (AvgIpc) is 2.42. The summed E-state index contributed by atoms with van der Waals surface area (Å²) in [7, 11) is 3.82. The lowest BCUT2D eigenvalue weighted by molar-refractivity contribution is 0.396. The molecule has 1 rings (SSSR count). The first-order valence-corrected chi connectivity index (χ1v) is 7.12. The molecule has 0 saturated heterocycles. The van der Waals surface area contributed by atoms with Crippen molar-refractivity contribution in [2.24, 2.45) is 17.6 Å². The molecular weight excluding hydrogens is 236 g/mol. The van der Waals surface area contributed by atoms with Crippen molar-refractivity contribution in [2.45, 2.75) is 26.7 Å². The second-order valence-corrected chi connectivity index (χ2v) is 5.64. The fourth-order valence-electron chi connectivity index (χ4n) is 2.35. The van der Waals surface area contributed by atoms with Crippen LogP contribution in [-0.2, 0) is 0 Å². The third-order valence-electron chi connectivity index (χ3n) is 3.50. The number of hydrogen-bond donors (Lipinski definition) is 1. The Balaban J connectivity index is 2.51. The van der Waals surface area contributed by atoms with Crippen LogP contribution in [0.5, 0.6) is 5.75 Å². The van der Waals surface area contributed by atoms with Gasteiger partial charge in [0.25, 0.3) is 0 Å². The van der Waals surface area contributed by atoms with Gasteiger partial charge in [-0.3, -0.25) is 0 Å². The molecule has 0 aliphatic heterocycles. The molecule has 0 aromatic heterocycles. The van der Waals surface area contributed by atoms with Crippen LogP contribution in [0.3, 0.4) is 0 Å². The first-order valence-electron chi connectivity index (χ1n) is 7.12. The minimum atomic E-state index is 0.619. The Morgan fingerprint density at radius 1 is 1.32 bits per heavy atom. The molecule has 1 atom stereocenters. The van der Waals surface area contributed by atoms with Gasteiger partial charge in [0, 0.05) is 25.3 Å². The normalized spacial score (nSPS) is 12.5. The maximum absolute atomic E-state index is 5.85. The zero-order valence-electron chi connectivity index (χ0n) is 12.7. The first-order chi connectivity index (χ1) is 9.06. The standard InChI is InChI=1S/C16H28N2O/c1-13(2)10-14(12-17)8-9-18(3)15-6-5-7-16(11-15)19-4/h5-7,11,13-14H,8-10,12,17H2,1-4H3. The number of rotatable bonds is 8. The van der Waals surface area contributed by atoms with Crippen LogP contribution >= 0.6 is 0 Å².